The molecule has 0 saturated heterocycles. The smallest absolute Gasteiger partial charge is 0.258 e. The van der Waals surface area contributed by atoms with Gasteiger partial charge in [-0.05, 0) is 24.3 Å². The van der Waals surface area contributed by atoms with E-state index in [0.29, 0.717) is 5.56 Å². The van der Waals surface area contributed by atoms with Crippen molar-refractivity contribution in [2.75, 3.05) is 11.9 Å². The van der Waals surface area contributed by atoms with Crippen molar-refractivity contribution in [1.29, 1.82) is 0 Å². The van der Waals surface area contributed by atoms with E-state index in [0.717, 1.165) is 5.69 Å². The molecule has 0 aliphatic carbocycles. The van der Waals surface area contributed by atoms with Gasteiger partial charge in [-0.3, -0.25) is 9.78 Å². The van der Waals surface area contributed by atoms with Crippen LogP contribution in [-0.4, -0.2) is 17.9 Å². The van der Waals surface area contributed by atoms with E-state index in [2.05, 4.69) is 4.98 Å². The van der Waals surface area contributed by atoms with Crippen LogP contribution >= 0.6 is 12.4 Å². The number of hydrogen-bond acceptors (Lipinski definition) is 2. The summed E-state index contributed by atoms with van der Waals surface area (Å²) in [6, 6.07) is 13.0. The quantitative estimate of drug-likeness (QED) is 0.819. The first kappa shape index (κ1) is 13.2. The van der Waals surface area contributed by atoms with Gasteiger partial charge in [-0.1, -0.05) is 18.2 Å². The Morgan fingerprint density at radius 3 is 2.24 bits per heavy atom. The van der Waals surface area contributed by atoms with Crippen LogP contribution in [0.15, 0.2) is 54.9 Å². The van der Waals surface area contributed by atoms with Crippen molar-refractivity contribution in [3.63, 3.8) is 0 Å². The summed E-state index contributed by atoms with van der Waals surface area (Å²) >= 11 is 0. The third-order valence-electron chi connectivity index (χ3n) is 2.38. The zero-order valence-electron chi connectivity index (χ0n) is 9.41. The van der Waals surface area contributed by atoms with E-state index in [1.54, 1.807) is 36.5 Å². The fraction of sp³-hybridized carbons (Fsp3) is 0.0769. The fourth-order valence-corrected chi connectivity index (χ4v) is 1.46. The Hall–Kier alpha value is -1.87. The molecule has 3 nitrogen and oxygen atoms in total. The van der Waals surface area contributed by atoms with E-state index in [-0.39, 0.29) is 18.3 Å². The molecule has 1 amide bonds. The molecule has 0 spiro atoms. The van der Waals surface area contributed by atoms with Gasteiger partial charge < -0.3 is 4.90 Å². The van der Waals surface area contributed by atoms with Crippen molar-refractivity contribution in [2.45, 2.75) is 0 Å². The predicted molar refractivity (Wildman–Crippen MR) is 70.7 cm³/mol. The number of carbonyl (C=O) groups excluding carboxylic acids is 1. The van der Waals surface area contributed by atoms with E-state index >= 15 is 0 Å². The van der Waals surface area contributed by atoms with Gasteiger partial charge >= 0.3 is 0 Å². The molecule has 1 aromatic heterocycles. The van der Waals surface area contributed by atoms with Crippen molar-refractivity contribution in [1.82, 2.24) is 4.98 Å². The van der Waals surface area contributed by atoms with E-state index < -0.39 is 0 Å². The van der Waals surface area contributed by atoms with Crippen molar-refractivity contribution in [2.24, 2.45) is 0 Å². The molecule has 0 N–H and O–H groups in total. The van der Waals surface area contributed by atoms with Crippen molar-refractivity contribution in [3.8, 4) is 0 Å². The largest absolute Gasteiger partial charge is 0.311 e. The molecule has 0 bridgehead atoms. The van der Waals surface area contributed by atoms with Gasteiger partial charge in [0, 0.05) is 30.7 Å². The molecule has 88 valence electrons. The highest BCUT2D eigenvalue weighted by molar-refractivity contribution is 6.05. The molecule has 4 heteroatoms. The Kier molecular flexibility index (Phi) is 4.67. The number of para-hydroxylation sites is 1. The Balaban J connectivity index is 0.00000144. The number of carbonyl (C=O) groups is 1. The summed E-state index contributed by atoms with van der Waals surface area (Å²) in [6.45, 7) is 0. The number of halogens is 1. The van der Waals surface area contributed by atoms with Crippen LogP contribution in [0.5, 0.6) is 0 Å². The summed E-state index contributed by atoms with van der Waals surface area (Å²) in [5.74, 6) is -0.0337. The maximum absolute atomic E-state index is 12.0. The van der Waals surface area contributed by atoms with Crippen LogP contribution in [0.3, 0.4) is 0 Å². The van der Waals surface area contributed by atoms with Gasteiger partial charge in [0.05, 0.1) is 0 Å². The molecule has 0 unspecified atom stereocenters. The standard InChI is InChI=1S/C13H12N2O.ClH/c1-15(12-5-3-2-4-6-12)13(16)11-7-9-14-10-8-11;/h2-10H,1H3;1H. The van der Waals surface area contributed by atoms with Gasteiger partial charge in [-0.15, -0.1) is 12.4 Å². The third kappa shape index (κ3) is 3.04. The lowest BCUT2D eigenvalue weighted by Gasteiger charge is -2.16. The van der Waals surface area contributed by atoms with Crippen LogP contribution in [0.25, 0.3) is 0 Å². The predicted octanol–water partition coefficient (Wildman–Crippen LogP) is 2.78. The first-order valence-electron chi connectivity index (χ1n) is 5.02. The second-order valence-corrected chi connectivity index (χ2v) is 3.44. The lowest BCUT2D eigenvalue weighted by Crippen LogP contribution is -2.26. The molecular weight excluding hydrogens is 236 g/mol. The topological polar surface area (TPSA) is 33.2 Å². The minimum atomic E-state index is -0.0337. The van der Waals surface area contributed by atoms with E-state index in [1.165, 1.54) is 0 Å². The van der Waals surface area contributed by atoms with Gasteiger partial charge in [0.2, 0.25) is 0 Å². The SMILES string of the molecule is CN(C(=O)c1ccncc1)c1ccccc1.Cl. The second kappa shape index (κ2) is 6.01. The molecule has 0 aliphatic heterocycles. The molecule has 0 atom stereocenters. The van der Waals surface area contributed by atoms with Crippen LogP contribution in [-0.2, 0) is 0 Å². The zero-order valence-corrected chi connectivity index (χ0v) is 10.2. The summed E-state index contributed by atoms with van der Waals surface area (Å²) in [5, 5.41) is 0. The van der Waals surface area contributed by atoms with Crippen molar-refractivity contribution < 1.29 is 4.79 Å². The average Bonchev–Trinajstić information content (AvgIpc) is 2.39. The molecule has 1 heterocycles. The number of hydrogen-bond donors (Lipinski definition) is 0. The number of pyridine rings is 1. The minimum Gasteiger partial charge on any atom is -0.311 e. The van der Waals surface area contributed by atoms with E-state index in [1.807, 2.05) is 30.3 Å². The van der Waals surface area contributed by atoms with Crippen molar-refractivity contribution in [3.05, 3.63) is 60.4 Å². The van der Waals surface area contributed by atoms with Crippen LogP contribution < -0.4 is 4.90 Å². The van der Waals surface area contributed by atoms with E-state index in [4.69, 9.17) is 0 Å². The Labute approximate surface area is 107 Å². The van der Waals surface area contributed by atoms with E-state index in [9.17, 15) is 4.79 Å². The maximum Gasteiger partial charge on any atom is 0.258 e. The highest BCUT2D eigenvalue weighted by Gasteiger charge is 2.12. The summed E-state index contributed by atoms with van der Waals surface area (Å²) in [5.41, 5.74) is 1.52. The van der Waals surface area contributed by atoms with Gasteiger partial charge in [0.25, 0.3) is 5.91 Å². The van der Waals surface area contributed by atoms with Gasteiger partial charge in [-0.2, -0.15) is 0 Å². The number of rotatable bonds is 2. The van der Waals surface area contributed by atoms with Gasteiger partial charge in [0.15, 0.2) is 0 Å². The monoisotopic (exact) mass is 248 g/mol. The highest BCUT2D eigenvalue weighted by atomic mass is 35.5. The molecule has 0 radical (unpaired) electrons. The van der Waals surface area contributed by atoms with Gasteiger partial charge in [-0.25, -0.2) is 0 Å². The van der Waals surface area contributed by atoms with Crippen LogP contribution in [0.1, 0.15) is 10.4 Å². The zero-order chi connectivity index (χ0) is 11.4. The first-order chi connectivity index (χ1) is 7.79. The lowest BCUT2D eigenvalue weighted by atomic mass is 10.2. The highest BCUT2D eigenvalue weighted by Crippen LogP contribution is 2.14. The minimum absolute atomic E-state index is 0. The van der Waals surface area contributed by atoms with Crippen LogP contribution in [0, 0.1) is 0 Å². The molecule has 2 aromatic rings. The second-order valence-electron chi connectivity index (χ2n) is 3.44. The number of amides is 1. The fourth-order valence-electron chi connectivity index (χ4n) is 1.46. The lowest BCUT2D eigenvalue weighted by molar-refractivity contribution is 0.0993. The summed E-state index contributed by atoms with van der Waals surface area (Å²) < 4.78 is 0. The molecule has 17 heavy (non-hydrogen) atoms. The Morgan fingerprint density at radius 2 is 1.65 bits per heavy atom. The molecule has 0 aliphatic rings. The Morgan fingerprint density at radius 1 is 1.06 bits per heavy atom. The van der Waals surface area contributed by atoms with Gasteiger partial charge in [0.1, 0.15) is 0 Å². The molecular formula is C13H13ClN2O. The molecule has 2 rings (SSSR count). The third-order valence-corrected chi connectivity index (χ3v) is 2.38. The summed E-state index contributed by atoms with van der Waals surface area (Å²) in [6.07, 6.45) is 3.23. The van der Waals surface area contributed by atoms with Crippen molar-refractivity contribution >= 4 is 24.0 Å². The number of nitrogens with zero attached hydrogens (tertiary/aromatic N) is 2. The average molecular weight is 249 g/mol. The van der Waals surface area contributed by atoms with Crippen LogP contribution in [0.4, 0.5) is 5.69 Å². The Bertz CT molecular complexity index is 473. The molecule has 0 fully saturated rings. The normalized spacial score (nSPS) is 9.24. The molecule has 0 saturated carbocycles. The first-order valence-corrected chi connectivity index (χ1v) is 5.02. The molecule has 1 aromatic carbocycles. The summed E-state index contributed by atoms with van der Waals surface area (Å²) in [7, 11) is 1.76. The maximum atomic E-state index is 12.0. The van der Waals surface area contributed by atoms with Crippen LogP contribution in [0.2, 0.25) is 0 Å². The summed E-state index contributed by atoms with van der Waals surface area (Å²) in [4.78, 5) is 17.6. The number of anilines is 1. The number of benzene rings is 1. The number of aromatic nitrogens is 1.